The summed E-state index contributed by atoms with van der Waals surface area (Å²) in [5.74, 6) is -0.0276. The molecular formula is C18H30N2O. The lowest BCUT2D eigenvalue weighted by molar-refractivity contribution is -0.118. The van der Waals surface area contributed by atoms with Crippen LogP contribution in [-0.4, -0.2) is 5.91 Å². The molecule has 1 amide bonds. The van der Waals surface area contributed by atoms with E-state index >= 15 is 0 Å². The van der Waals surface area contributed by atoms with E-state index in [1.165, 1.54) is 22.3 Å². The van der Waals surface area contributed by atoms with Gasteiger partial charge in [-0.25, -0.2) is 0 Å². The van der Waals surface area contributed by atoms with Crippen LogP contribution in [0.4, 0.5) is 0 Å². The van der Waals surface area contributed by atoms with Crippen LogP contribution in [0.25, 0.3) is 0 Å². The van der Waals surface area contributed by atoms with Gasteiger partial charge in [0.1, 0.15) is 0 Å². The quantitative estimate of drug-likeness (QED) is 0.771. The Morgan fingerprint density at radius 1 is 1.10 bits per heavy atom. The third-order valence-electron chi connectivity index (χ3n) is 4.16. The van der Waals surface area contributed by atoms with Crippen molar-refractivity contribution in [3.05, 3.63) is 34.4 Å². The van der Waals surface area contributed by atoms with Crippen LogP contribution in [0.15, 0.2) is 12.1 Å². The van der Waals surface area contributed by atoms with Crippen molar-refractivity contribution in [1.82, 2.24) is 0 Å². The predicted octanol–water partition coefficient (Wildman–Crippen LogP) is 3.28. The first-order valence-corrected chi connectivity index (χ1v) is 8.11. The number of benzene rings is 1. The van der Waals surface area contributed by atoms with E-state index in [0.29, 0.717) is 6.42 Å². The molecule has 2 unspecified atom stereocenters. The summed E-state index contributed by atoms with van der Waals surface area (Å²) in [6, 6.07) is 4.55. The van der Waals surface area contributed by atoms with Crippen LogP contribution in [-0.2, 0) is 24.1 Å². The second kappa shape index (κ2) is 8.18. The van der Waals surface area contributed by atoms with E-state index in [-0.39, 0.29) is 17.9 Å². The lowest BCUT2D eigenvalue weighted by Gasteiger charge is -2.23. The van der Waals surface area contributed by atoms with Gasteiger partial charge in [-0.15, -0.1) is 0 Å². The van der Waals surface area contributed by atoms with Crippen molar-refractivity contribution < 1.29 is 4.79 Å². The van der Waals surface area contributed by atoms with Crippen molar-refractivity contribution in [2.75, 3.05) is 0 Å². The molecule has 0 aliphatic carbocycles. The Balaban J connectivity index is 3.06. The van der Waals surface area contributed by atoms with Gasteiger partial charge in [0.2, 0.25) is 5.91 Å². The standard InChI is InChI=1S/C18H30N2O/c1-5-13-10-14(6-2)18(15(7-3)11-13)16(19)8-12(4)9-17(20)21/h10-12,16H,5-9,19H2,1-4H3,(H2,20,21). The Kier molecular flexibility index (Phi) is 6.90. The summed E-state index contributed by atoms with van der Waals surface area (Å²) in [5.41, 5.74) is 17.1. The summed E-state index contributed by atoms with van der Waals surface area (Å²) in [7, 11) is 0. The van der Waals surface area contributed by atoms with Crippen LogP contribution >= 0.6 is 0 Å². The Hall–Kier alpha value is -1.35. The van der Waals surface area contributed by atoms with Gasteiger partial charge in [0, 0.05) is 12.5 Å². The molecule has 0 saturated heterocycles. The highest BCUT2D eigenvalue weighted by Gasteiger charge is 2.18. The van der Waals surface area contributed by atoms with E-state index in [4.69, 9.17) is 11.5 Å². The first-order valence-electron chi connectivity index (χ1n) is 8.11. The normalized spacial score (nSPS) is 14.0. The molecule has 4 N–H and O–H groups in total. The molecular weight excluding hydrogens is 260 g/mol. The molecule has 0 aromatic heterocycles. The third-order valence-corrected chi connectivity index (χ3v) is 4.16. The molecule has 118 valence electrons. The maximum atomic E-state index is 11.0. The maximum Gasteiger partial charge on any atom is 0.217 e. The fourth-order valence-electron chi connectivity index (χ4n) is 3.09. The number of aryl methyl sites for hydroxylation is 3. The van der Waals surface area contributed by atoms with Crippen molar-refractivity contribution in [1.29, 1.82) is 0 Å². The summed E-state index contributed by atoms with van der Waals surface area (Å²) >= 11 is 0. The SMILES string of the molecule is CCc1cc(CC)c(C(N)CC(C)CC(N)=O)c(CC)c1. The molecule has 0 fully saturated rings. The molecule has 1 aromatic carbocycles. The zero-order valence-electron chi connectivity index (χ0n) is 13.9. The molecule has 1 rings (SSSR count). The summed E-state index contributed by atoms with van der Waals surface area (Å²) in [5, 5.41) is 0. The average Bonchev–Trinajstić information content (AvgIpc) is 2.44. The van der Waals surface area contributed by atoms with Gasteiger partial charge in [0.05, 0.1) is 0 Å². The zero-order valence-corrected chi connectivity index (χ0v) is 13.9. The molecule has 0 spiro atoms. The van der Waals surface area contributed by atoms with Crippen molar-refractivity contribution in [3.8, 4) is 0 Å². The number of amides is 1. The second-order valence-electron chi connectivity index (χ2n) is 6.01. The molecule has 0 bridgehead atoms. The van der Waals surface area contributed by atoms with Gasteiger partial charge in [-0.1, -0.05) is 39.8 Å². The molecule has 2 atom stereocenters. The molecule has 0 saturated carbocycles. The van der Waals surface area contributed by atoms with E-state index in [1.54, 1.807) is 0 Å². The van der Waals surface area contributed by atoms with Gasteiger partial charge in [-0.05, 0) is 53.9 Å². The number of carbonyl (C=O) groups excluding carboxylic acids is 1. The number of carbonyl (C=O) groups is 1. The summed E-state index contributed by atoms with van der Waals surface area (Å²) in [4.78, 5) is 11.0. The molecule has 0 aliphatic heterocycles. The van der Waals surface area contributed by atoms with Crippen molar-refractivity contribution in [3.63, 3.8) is 0 Å². The van der Waals surface area contributed by atoms with Gasteiger partial charge in [0.25, 0.3) is 0 Å². The van der Waals surface area contributed by atoms with Crippen LogP contribution < -0.4 is 11.5 Å². The summed E-state index contributed by atoms with van der Waals surface area (Å²) < 4.78 is 0. The highest BCUT2D eigenvalue weighted by molar-refractivity contribution is 5.73. The van der Waals surface area contributed by atoms with Crippen LogP contribution in [0, 0.1) is 5.92 Å². The molecule has 0 aliphatic rings. The van der Waals surface area contributed by atoms with Gasteiger partial charge < -0.3 is 11.5 Å². The van der Waals surface area contributed by atoms with Crippen molar-refractivity contribution in [2.24, 2.45) is 17.4 Å². The lowest BCUT2D eigenvalue weighted by Crippen LogP contribution is -2.21. The zero-order chi connectivity index (χ0) is 16.0. The highest BCUT2D eigenvalue weighted by atomic mass is 16.1. The first kappa shape index (κ1) is 17.7. The maximum absolute atomic E-state index is 11.0. The Bertz CT molecular complexity index is 457. The minimum atomic E-state index is -0.248. The Morgan fingerprint density at radius 2 is 1.62 bits per heavy atom. The number of primary amides is 1. The number of hydrogen-bond donors (Lipinski definition) is 2. The van der Waals surface area contributed by atoms with E-state index in [2.05, 4.69) is 32.9 Å². The average molecular weight is 290 g/mol. The van der Waals surface area contributed by atoms with Crippen molar-refractivity contribution in [2.45, 2.75) is 65.8 Å². The van der Waals surface area contributed by atoms with Crippen LogP contribution in [0.3, 0.4) is 0 Å². The second-order valence-corrected chi connectivity index (χ2v) is 6.01. The van der Waals surface area contributed by atoms with Crippen molar-refractivity contribution >= 4 is 5.91 Å². The molecule has 0 heterocycles. The Labute approximate surface area is 129 Å². The van der Waals surface area contributed by atoms with Gasteiger partial charge in [0.15, 0.2) is 0 Å². The van der Waals surface area contributed by atoms with E-state index in [9.17, 15) is 4.79 Å². The van der Waals surface area contributed by atoms with Crippen LogP contribution in [0.5, 0.6) is 0 Å². The van der Waals surface area contributed by atoms with E-state index < -0.39 is 0 Å². The molecule has 1 aromatic rings. The lowest BCUT2D eigenvalue weighted by atomic mass is 9.85. The first-order chi connectivity index (χ1) is 9.92. The molecule has 0 radical (unpaired) electrons. The fourth-order valence-corrected chi connectivity index (χ4v) is 3.09. The van der Waals surface area contributed by atoms with E-state index in [0.717, 1.165) is 25.7 Å². The number of rotatable bonds is 8. The van der Waals surface area contributed by atoms with Gasteiger partial charge >= 0.3 is 0 Å². The molecule has 21 heavy (non-hydrogen) atoms. The summed E-state index contributed by atoms with van der Waals surface area (Å²) in [6.45, 7) is 8.58. The van der Waals surface area contributed by atoms with Crippen LogP contribution in [0.2, 0.25) is 0 Å². The fraction of sp³-hybridized carbons (Fsp3) is 0.611. The minimum absolute atomic E-state index is 0.0184. The number of hydrogen-bond acceptors (Lipinski definition) is 2. The minimum Gasteiger partial charge on any atom is -0.370 e. The number of nitrogens with two attached hydrogens (primary N) is 2. The molecule has 3 nitrogen and oxygen atoms in total. The molecule has 3 heteroatoms. The predicted molar refractivity (Wildman–Crippen MR) is 89.1 cm³/mol. The largest absolute Gasteiger partial charge is 0.370 e. The highest BCUT2D eigenvalue weighted by Crippen LogP contribution is 2.29. The van der Waals surface area contributed by atoms with E-state index in [1.807, 2.05) is 6.92 Å². The topological polar surface area (TPSA) is 69.1 Å². The monoisotopic (exact) mass is 290 g/mol. The van der Waals surface area contributed by atoms with Gasteiger partial charge in [-0.3, -0.25) is 4.79 Å². The summed E-state index contributed by atoms with van der Waals surface area (Å²) in [6.07, 6.45) is 4.24. The van der Waals surface area contributed by atoms with Crippen LogP contribution in [0.1, 0.15) is 68.8 Å². The third kappa shape index (κ3) is 4.85. The smallest absolute Gasteiger partial charge is 0.217 e. The Morgan fingerprint density at radius 3 is 2.00 bits per heavy atom. The van der Waals surface area contributed by atoms with Gasteiger partial charge in [-0.2, -0.15) is 0 Å².